The summed E-state index contributed by atoms with van der Waals surface area (Å²) in [6, 6.07) is 13.5. The van der Waals surface area contributed by atoms with Crippen LogP contribution in [0.5, 0.6) is 0 Å². The Morgan fingerprint density at radius 1 is 1.06 bits per heavy atom. The van der Waals surface area contributed by atoms with Crippen LogP contribution in [0.3, 0.4) is 0 Å². The maximum Gasteiger partial charge on any atom is 0.265 e. The first-order chi connectivity index (χ1) is 16.0. The van der Waals surface area contributed by atoms with Crippen molar-refractivity contribution in [1.82, 2.24) is 15.2 Å². The number of aromatic amines is 1. The number of hydrogen-bond donors (Lipinski definition) is 3. The molecule has 0 saturated heterocycles. The second kappa shape index (κ2) is 8.44. The van der Waals surface area contributed by atoms with E-state index in [2.05, 4.69) is 25.8 Å². The van der Waals surface area contributed by atoms with Crippen molar-refractivity contribution < 1.29 is 14.0 Å². The second-order valence-electron chi connectivity index (χ2n) is 7.56. The van der Waals surface area contributed by atoms with Gasteiger partial charge in [0.15, 0.2) is 5.65 Å². The van der Waals surface area contributed by atoms with Crippen LogP contribution in [0.2, 0.25) is 0 Å². The Labute approximate surface area is 191 Å². The molecule has 33 heavy (non-hydrogen) atoms. The average molecular weight is 460 g/mol. The van der Waals surface area contributed by atoms with E-state index in [1.807, 2.05) is 13.0 Å². The van der Waals surface area contributed by atoms with Crippen LogP contribution in [0.1, 0.15) is 31.2 Å². The van der Waals surface area contributed by atoms with E-state index in [9.17, 15) is 14.0 Å². The summed E-state index contributed by atoms with van der Waals surface area (Å²) in [5.74, 6) is -0.609. The minimum atomic E-state index is -0.637. The van der Waals surface area contributed by atoms with Gasteiger partial charge in [0.2, 0.25) is 0 Å². The monoisotopic (exact) mass is 459 g/mol. The number of anilines is 2. The summed E-state index contributed by atoms with van der Waals surface area (Å²) < 4.78 is 13.8. The third-order valence-corrected chi connectivity index (χ3v) is 6.45. The van der Waals surface area contributed by atoms with Gasteiger partial charge in [-0.05, 0) is 48.4 Å². The number of nitrogens with zero attached hydrogens (tertiary/aromatic N) is 2. The zero-order chi connectivity index (χ0) is 22.9. The van der Waals surface area contributed by atoms with Crippen LogP contribution in [0.15, 0.2) is 60.9 Å². The van der Waals surface area contributed by atoms with Gasteiger partial charge < -0.3 is 10.6 Å². The van der Waals surface area contributed by atoms with Gasteiger partial charge in [0, 0.05) is 33.2 Å². The van der Waals surface area contributed by atoms with E-state index >= 15 is 0 Å². The van der Waals surface area contributed by atoms with E-state index in [1.165, 1.54) is 17.4 Å². The van der Waals surface area contributed by atoms with E-state index in [1.54, 1.807) is 48.8 Å². The van der Waals surface area contributed by atoms with Crippen LogP contribution in [-0.2, 0) is 6.67 Å². The lowest BCUT2D eigenvalue weighted by Crippen LogP contribution is -2.14. The fraction of sp³-hybridized carbons (Fsp3) is 0.0833. The predicted octanol–water partition coefficient (Wildman–Crippen LogP) is 5.46. The van der Waals surface area contributed by atoms with Gasteiger partial charge in [-0.3, -0.25) is 14.7 Å². The Bertz CT molecular complexity index is 1520. The highest BCUT2D eigenvalue weighted by Crippen LogP contribution is 2.31. The van der Waals surface area contributed by atoms with Gasteiger partial charge in [-0.25, -0.2) is 9.37 Å². The molecule has 164 valence electrons. The van der Waals surface area contributed by atoms with E-state index in [-0.39, 0.29) is 11.8 Å². The molecule has 0 spiro atoms. The summed E-state index contributed by atoms with van der Waals surface area (Å²) in [7, 11) is 0. The number of fused-ring (bicyclic) bond motifs is 3. The van der Waals surface area contributed by atoms with Crippen LogP contribution in [0, 0.1) is 6.92 Å². The average Bonchev–Trinajstić information content (AvgIpc) is 3.48. The first-order valence-electron chi connectivity index (χ1n) is 10.1. The van der Waals surface area contributed by atoms with E-state index in [0.717, 1.165) is 21.0 Å². The van der Waals surface area contributed by atoms with Crippen molar-refractivity contribution in [3.8, 4) is 0 Å². The molecule has 2 aromatic carbocycles. The highest BCUT2D eigenvalue weighted by molar-refractivity contribution is 7.21. The van der Waals surface area contributed by atoms with Crippen LogP contribution >= 0.6 is 11.3 Å². The molecule has 0 unspecified atom stereocenters. The Morgan fingerprint density at radius 3 is 2.79 bits per heavy atom. The number of halogens is 1. The number of alkyl halides is 1. The minimum Gasteiger partial charge on any atom is -0.322 e. The number of carbonyl (C=O) groups is 2. The van der Waals surface area contributed by atoms with Crippen molar-refractivity contribution in [2.75, 3.05) is 10.6 Å². The molecule has 0 aliphatic rings. The number of H-pyrrole nitrogens is 1. The molecule has 5 aromatic rings. The quantitative estimate of drug-likeness (QED) is 0.325. The van der Waals surface area contributed by atoms with Crippen molar-refractivity contribution in [2.24, 2.45) is 0 Å². The minimum absolute atomic E-state index is 0.255. The highest BCUT2D eigenvalue weighted by atomic mass is 32.1. The summed E-state index contributed by atoms with van der Waals surface area (Å²) in [5.41, 5.74) is 3.42. The molecular formula is C24H18FN5O2S. The molecular weight excluding hydrogens is 441 g/mol. The number of thiophene rings is 1. The lowest BCUT2D eigenvalue weighted by Gasteiger charge is -2.11. The smallest absolute Gasteiger partial charge is 0.265 e. The maximum absolute atomic E-state index is 13.0. The molecule has 0 radical (unpaired) electrons. The SMILES string of the molecule is Cc1ccc(NC(=O)c2cccc(CF)c2)cc1NC(=O)c1cc2cnc3[nH]ncc3c2s1. The van der Waals surface area contributed by atoms with Crippen LogP contribution in [0.4, 0.5) is 15.8 Å². The Morgan fingerprint density at radius 2 is 1.94 bits per heavy atom. The fourth-order valence-corrected chi connectivity index (χ4v) is 4.56. The van der Waals surface area contributed by atoms with Crippen LogP contribution in [0.25, 0.3) is 21.1 Å². The number of rotatable bonds is 5. The Kier molecular flexibility index (Phi) is 5.31. The van der Waals surface area contributed by atoms with Gasteiger partial charge >= 0.3 is 0 Å². The number of benzene rings is 2. The number of pyridine rings is 1. The summed E-state index contributed by atoms with van der Waals surface area (Å²) in [4.78, 5) is 30.4. The molecule has 0 aliphatic carbocycles. The first kappa shape index (κ1) is 20.8. The molecule has 2 amide bonds. The van der Waals surface area contributed by atoms with Crippen molar-refractivity contribution in [2.45, 2.75) is 13.6 Å². The largest absolute Gasteiger partial charge is 0.322 e. The van der Waals surface area contributed by atoms with Gasteiger partial charge in [0.1, 0.15) is 6.67 Å². The second-order valence-corrected chi connectivity index (χ2v) is 8.61. The van der Waals surface area contributed by atoms with Crippen molar-refractivity contribution in [1.29, 1.82) is 0 Å². The molecule has 0 saturated carbocycles. The maximum atomic E-state index is 13.0. The molecule has 0 aliphatic heterocycles. The molecule has 7 nitrogen and oxygen atoms in total. The van der Waals surface area contributed by atoms with Gasteiger partial charge in [-0.15, -0.1) is 11.3 Å². The third-order valence-electron chi connectivity index (χ3n) is 5.27. The van der Waals surface area contributed by atoms with Gasteiger partial charge in [0.05, 0.1) is 16.5 Å². The third kappa shape index (κ3) is 4.06. The molecule has 3 heterocycles. The summed E-state index contributed by atoms with van der Waals surface area (Å²) >= 11 is 1.37. The molecule has 0 atom stereocenters. The fourth-order valence-electron chi connectivity index (χ4n) is 3.52. The first-order valence-corrected chi connectivity index (χ1v) is 10.9. The molecule has 9 heteroatoms. The lowest BCUT2D eigenvalue weighted by atomic mass is 10.1. The topological polar surface area (TPSA) is 99.8 Å². The molecule has 0 fully saturated rings. The number of aryl methyl sites for hydroxylation is 1. The van der Waals surface area contributed by atoms with Crippen molar-refractivity contribution >= 4 is 55.6 Å². The molecule has 5 rings (SSSR count). The number of nitrogens with one attached hydrogen (secondary N) is 3. The standard InChI is InChI=1S/C24H18FN5O2S/c1-13-5-6-17(28-23(31)15-4-2-3-14(7-15)10-25)9-19(13)29-24(32)20-8-16-11-26-22-18(12-27-30-22)21(16)33-20/h2-9,11-12H,10H2,1H3,(H,28,31)(H,29,32)(H,26,27,30). The van der Waals surface area contributed by atoms with Crippen molar-refractivity contribution in [3.05, 3.63) is 82.5 Å². The normalized spacial score (nSPS) is 11.1. The zero-order valence-electron chi connectivity index (χ0n) is 17.5. The van der Waals surface area contributed by atoms with Gasteiger partial charge in [0.25, 0.3) is 11.8 Å². The number of amides is 2. The Hall–Kier alpha value is -4.11. The zero-order valence-corrected chi connectivity index (χ0v) is 18.3. The highest BCUT2D eigenvalue weighted by Gasteiger charge is 2.15. The van der Waals surface area contributed by atoms with Crippen molar-refractivity contribution in [3.63, 3.8) is 0 Å². The Balaban J connectivity index is 1.37. The van der Waals surface area contributed by atoms with E-state index in [0.29, 0.717) is 33.0 Å². The lowest BCUT2D eigenvalue weighted by molar-refractivity contribution is 0.102. The summed E-state index contributed by atoms with van der Waals surface area (Å²) in [6.45, 7) is 1.23. The predicted molar refractivity (Wildman–Crippen MR) is 128 cm³/mol. The van der Waals surface area contributed by atoms with Gasteiger partial charge in [-0.2, -0.15) is 5.10 Å². The summed E-state index contributed by atoms with van der Waals surface area (Å²) in [6.07, 6.45) is 3.41. The van der Waals surface area contributed by atoms with E-state index in [4.69, 9.17) is 0 Å². The number of hydrogen-bond acceptors (Lipinski definition) is 5. The number of carbonyl (C=O) groups excluding carboxylic acids is 2. The van der Waals surface area contributed by atoms with Gasteiger partial charge in [-0.1, -0.05) is 18.2 Å². The van der Waals surface area contributed by atoms with Crippen LogP contribution < -0.4 is 10.6 Å². The molecule has 0 bridgehead atoms. The molecule has 3 N–H and O–H groups in total. The van der Waals surface area contributed by atoms with E-state index < -0.39 is 6.67 Å². The molecule has 3 aromatic heterocycles. The summed E-state index contributed by atoms with van der Waals surface area (Å²) in [5, 5.41) is 14.3. The van der Waals surface area contributed by atoms with Crippen LogP contribution in [-0.4, -0.2) is 27.0 Å². The number of aromatic nitrogens is 3.